The molecule has 1 aromatic heterocycles. The number of benzene rings is 1. The van der Waals surface area contributed by atoms with Crippen molar-refractivity contribution in [3.8, 4) is 0 Å². The van der Waals surface area contributed by atoms with E-state index < -0.39 is 5.91 Å². The van der Waals surface area contributed by atoms with Crippen LogP contribution in [0.15, 0.2) is 36.5 Å². The standard InChI is InChI=1S/C17H23N4O/c1-13(14-7-5-4-6-8-14)19-10-9-17(2,3)21-12-11-20-16(21)15(18)22/h4-8,12-13,19H,9-10H2,1-3H3,(H2,18,22)/t13-/m1/s1. The van der Waals surface area contributed by atoms with Crippen molar-refractivity contribution in [1.82, 2.24) is 14.9 Å². The number of nitrogens with one attached hydrogen (secondary N) is 1. The second-order valence-electron chi connectivity index (χ2n) is 6.08. The molecule has 3 N–H and O–H groups in total. The summed E-state index contributed by atoms with van der Waals surface area (Å²) in [5.41, 5.74) is 6.35. The highest BCUT2D eigenvalue weighted by molar-refractivity contribution is 5.89. The topological polar surface area (TPSA) is 72.9 Å². The van der Waals surface area contributed by atoms with E-state index in [1.54, 1.807) is 10.8 Å². The third-order valence-electron chi connectivity index (χ3n) is 3.94. The van der Waals surface area contributed by atoms with Crippen molar-refractivity contribution in [3.05, 3.63) is 54.1 Å². The third kappa shape index (κ3) is 3.74. The van der Waals surface area contributed by atoms with Crippen molar-refractivity contribution in [2.24, 2.45) is 5.73 Å². The zero-order valence-electron chi connectivity index (χ0n) is 13.3. The van der Waals surface area contributed by atoms with Crippen LogP contribution in [0.25, 0.3) is 0 Å². The highest BCUT2D eigenvalue weighted by atomic mass is 16.1. The first-order valence-electron chi connectivity index (χ1n) is 7.46. The number of aromatic nitrogens is 2. The SMILES string of the molecule is C[C@@H](NCCC(C)(C)n1c[c]nc1C(N)=O)c1ccccc1. The zero-order chi connectivity index (χ0) is 16.2. The lowest BCUT2D eigenvalue weighted by Gasteiger charge is -2.28. The Labute approximate surface area is 131 Å². The van der Waals surface area contributed by atoms with Crippen LogP contribution in [0, 0.1) is 6.20 Å². The molecule has 0 aliphatic heterocycles. The Morgan fingerprint density at radius 2 is 2.09 bits per heavy atom. The molecule has 0 spiro atoms. The predicted molar refractivity (Wildman–Crippen MR) is 86.4 cm³/mol. The molecular formula is C17H23N4O. The summed E-state index contributed by atoms with van der Waals surface area (Å²) in [6.45, 7) is 7.08. The van der Waals surface area contributed by atoms with Crippen molar-refractivity contribution in [2.75, 3.05) is 6.54 Å². The van der Waals surface area contributed by atoms with Crippen LogP contribution in [0.5, 0.6) is 0 Å². The summed E-state index contributed by atoms with van der Waals surface area (Å²) in [6.07, 6.45) is 5.23. The minimum atomic E-state index is -0.528. The smallest absolute Gasteiger partial charge is 0.284 e. The lowest BCUT2D eigenvalue weighted by Crippen LogP contribution is -2.34. The minimum absolute atomic E-state index is 0.251. The number of hydrogen-bond acceptors (Lipinski definition) is 3. The van der Waals surface area contributed by atoms with Crippen molar-refractivity contribution < 1.29 is 4.79 Å². The molecule has 0 bridgehead atoms. The Bertz CT molecular complexity index is 619. The number of rotatable bonds is 7. The molecule has 0 saturated heterocycles. The van der Waals surface area contributed by atoms with E-state index in [2.05, 4.69) is 49.4 Å². The van der Waals surface area contributed by atoms with Gasteiger partial charge in [-0.15, -0.1) is 0 Å². The zero-order valence-corrected chi connectivity index (χ0v) is 13.3. The lowest BCUT2D eigenvalue weighted by molar-refractivity contribution is 0.0978. The number of hydrogen-bond donors (Lipinski definition) is 2. The number of nitrogens with two attached hydrogens (primary N) is 1. The van der Waals surface area contributed by atoms with E-state index in [1.807, 2.05) is 18.2 Å². The normalized spacial score (nSPS) is 13.0. The maximum atomic E-state index is 11.4. The van der Waals surface area contributed by atoms with E-state index in [0.717, 1.165) is 13.0 Å². The van der Waals surface area contributed by atoms with Crippen LogP contribution in [0.3, 0.4) is 0 Å². The van der Waals surface area contributed by atoms with Gasteiger partial charge in [0.2, 0.25) is 0 Å². The van der Waals surface area contributed by atoms with Crippen molar-refractivity contribution in [3.63, 3.8) is 0 Å². The molecule has 0 aliphatic carbocycles. The summed E-state index contributed by atoms with van der Waals surface area (Å²) >= 11 is 0. The first kappa shape index (κ1) is 16.2. The van der Waals surface area contributed by atoms with Gasteiger partial charge in [0.25, 0.3) is 5.91 Å². The average Bonchev–Trinajstić information content (AvgIpc) is 2.98. The Morgan fingerprint density at radius 1 is 1.41 bits per heavy atom. The van der Waals surface area contributed by atoms with Crippen LogP contribution in [-0.2, 0) is 5.54 Å². The van der Waals surface area contributed by atoms with Crippen LogP contribution in [0.4, 0.5) is 0 Å². The van der Waals surface area contributed by atoms with Gasteiger partial charge in [-0.2, -0.15) is 0 Å². The molecule has 0 fully saturated rings. The van der Waals surface area contributed by atoms with Gasteiger partial charge in [-0.05, 0) is 39.3 Å². The molecule has 5 nitrogen and oxygen atoms in total. The summed E-state index contributed by atoms with van der Waals surface area (Å²) in [5, 5.41) is 3.51. The van der Waals surface area contributed by atoms with Crippen LogP contribution in [-0.4, -0.2) is 22.0 Å². The molecule has 1 atom stereocenters. The quantitative estimate of drug-likeness (QED) is 0.823. The van der Waals surface area contributed by atoms with Crippen LogP contribution < -0.4 is 11.1 Å². The Morgan fingerprint density at radius 3 is 2.73 bits per heavy atom. The van der Waals surface area contributed by atoms with Gasteiger partial charge in [0.15, 0.2) is 5.82 Å². The molecule has 117 valence electrons. The van der Waals surface area contributed by atoms with Crippen LogP contribution in [0.2, 0.25) is 0 Å². The summed E-state index contributed by atoms with van der Waals surface area (Å²) in [5.74, 6) is -0.277. The monoisotopic (exact) mass is 299 g/mol. The largest absolute Gasteiger partial charge is 0.363 e. The number of amides is 1. The van der Waals surface area contributed by atoms with Crippen LogP contribution in [0.1, 0.15) is 49.4 Å². The van der Waals surface area contributed by atoms with Gasteiger partial charge < -0.3 is 15.6 Å². The van der Waals surface area contributed by atoms with Gasteiger partial charge in [-0.3, -0.25) is 4.79 Å². The van der Waals surface area contributed by atoms with Crippen LogP contribution >= 0.6 is 0 Å². The first-order chi connectivity index (χ1) is 10.4. The van der Waals surface area contributed by atoms with Gasteiger partial charge in [0.05, 0.1) is 0 Å². The average molecular weight is 299 g/mol. The fourth-order valence-electron chi connectivity index (χ4n) is 2.47. The second kappa shape index (κ2) is 6.75. The second-order valence-corrected chi connectivity index (χ2v) is 6.08. The van der Waals surface area contributed by atoms with E-state index in [1.165, 1.54) is 5.56 Å². The number of primary amides is 1. The lowest BCUT2D eigenvalue weighted by atomic mass is 9.99. The molecule has 0 aliphatic rings. The molecule has 0 unspecified atom stereocenters. The van der Waals surface area contributed by atoms with Gasteiger partial charge >= 0.3 is 0 Å². The summed E-state index contributed by atoms with van der Waals surface area (Å²) in [7, 11) is 0. The molecule has 1 heterocycles. The highest BCUT2D eigenvalue weighted by Gasteiger charge is 2.24. The molecular weight excluding hydrogens is 276 g/mol. The highest BCUT2D eigenvalue weighted by Crippen LogP contribution is 2.21. The molecule has 22 heavy (non-hydrogen) atoms. The van der Waals surface area contributed by atoms with Gasteiger partial charge in [-0.25, -0.2) is 4.98 Å². The maximum Gasteiger partial charge on any atom is 0.284 e. The summed E-state index contributed by atoms with van der Waals surface area (Å²) in [4.78, 5) is 15.3. The number of imidazole rings is 1. The molecule has 5 heteroatoms. The van der Waals surface area contributed by atoms with Gasteiger partial charge in [0, 0.05) is 17.8 Å². The van der Waals surface area contributed by atoms with E-state index in [4.69, 9.17) is 5.73 Å². The maximum absolute atomic E-state index is 11.4. The van der Waals surface area contributed by atoms with E-state index in [-0.39, 0.29) is 17.4 Å². The number of carbonyl (C=O) groups excluding carboxylic acids is 1. The Balaban J connectivity index is 1.95. The first-order valence-corrected chi connectivity index (χ1v) is 7.46. The van der Waals surface area contributed by atoms with Crippen molar-refractivity contribution in [1.29, 1.82) is 0 Å². The van der Waals surface area contributed by atoms with E-state index in [9.17, 15) is 4.79 Å². The molecule has 1 amide bonds. The van der Waals surface area contributed by atoms with E-state index in [0.29, 0.717) is 0 Å². The van der Waals surface area contributed by atoms with E-state index >= 15 is 0 Å². The minimum Gasteiger partial charge on any atom is -0.363 e. The summed E-state index contributed by atoms with van der Waals surface area (Å²) in [6, 6.07) is 10.6. The summed E-state index contributed by atoms with van der Waals surface area (Å²) < 4.78 is 1.80. The molecule has 2 aromatic rings. The Hall–Kier alpha value is -2.14. The molecule has 2 rings (SSSR count). The fourth-order valence-corrected chi connectivity index (χ4v) is 2.47. The fraction of sp³-hybridized carbons (Fsp3) is 0.412. The predicted octanol–water partition coefficient (Wildman–Crippen LogP) is 2.26. The third-order valence-corrected chi connectivity index (χ3v) is 3.94. The van der Waals surface area contributed by atoms with Gasteiger partial charge in [0.1, 0.15) is 6.20 Å². The Kier molecular flexibility index (Phi) is 4.98. The van der Waals surface area contributed by atoms with Crippen molar-refractivity contribution >= 4 is 5.91 Å². The van der Waals surface area contributed by atoms with Crippen molar-refractivity contribution in [2.45, 2.75) is 38.8 Å². The molecule has 1 radical (unpaired) electrons. The molecule has 0 saturated carbocycles. The number of carbonyl (C=O) groups is 1. The molecule has 1 aromatic carbocycles. The van der Waals surface area contributed by atoms with Gasteiger partial charge in [-0.1, -0.05) is 30.3 Å². The number of nitrogens with zero attached hydrogens (tertiary/aromatic N) is 2.